The maximum absolute atomic E-state index is 6.13. The van der Waals surface area contributed by atoms with E-state index >= 15 is 0 Å². The standard InChI is InChI=1S/C20H20IN3O/c1-5-6-8-15-11-16-14(4)23-24(13(2)3)18(16)12-19(15)25-20-17(21)9-7-10-22-20/h7,9-13H,5H2,1-4H3. The zero-order valence-electron chi connectivity index (χ0n) is 14.8. The molecule has 0 unspecified atom stereocenters. The lowest BCUT2D eigenvalue weighted by Crippen LogP contribution is -2.03. The molecular formula is C20H20IN3O. The molecule has 25 heavy (non-hydrogen) atoms. The highest BCUT2D eigenvalue weighted by Gasteiger charge is 2.15. The lowest BCUT2D eigenvalue weighted by atomic mass is 10.1. The third-order valence-corrected chi connectivity index (χ3v) is 4.63. The zero-order valence-corrected chi connectivity index (χ0v) is 17.0. The van der Waals surface area contributed by atoms with E-state index in [9.17, 15) is 0 Å². The SMILES string of the molecule is CCC#Cc1cc2c(C)nn(C(C)C)c2cc1Oc1ncccc1I. The number of hydrogen-bond donors (Lipinski definition) is 0. The number of ether oxygens (including phenoxy) is 1. The number of benzene rings is 1. The Kier molecular flexibility index (Phi) is 5.28. The van der Waals surface area contributed by atoms with Gasteiger partial charge in [0, 0.05) is 30.1 Å². The Morgan fingerprint density at radius 3 is 2.80 bits per heavy atom. The average molecular weight is 445 g/mol. The van der Waals surface area contributed by atoms with Gasteiger partial charge in [0.25, 0.3) is 0 Å². The topological polar surface area (TPSA) is 39.9 Å². The molecule has 3 aromatic rings. The molecule has 0 saturated carbocycles. The predicted octanol–water partition coefficient (Wildman–Crippen LogP) is 5.48. The zero-order chi connectivity index (χ0) is 18.0. The van der Waals surface area contributed by atoms with E-state index < -0.39 is 0 Å². The lowest BCUT2D eigenvalue weighted by Gasteiger charge is -2.11. The monoisotopic (exact) mass is 445 g/mol. The molecule has 0 spiro atoms. The maximum atomic E-state index is 6.13. The summed E-state index contributed by atoms with van der Waals surface area (Å²) in [6.45, 7) is 8.31. The summed E-state index contributed by atoms with van der Waals surface area (Å²) in [6.07, 6.45) is 2.53. The van der Waals surface area contributed by atoms with Crippen molar-refractivity contribution in [1.82, 2.24) is 14.8 Å². The molecule has 128 valence electrons. The summed E-state index contributed by atoms with van der Waals surface area (Å²) in [7, 11) is 0. The fraction of sp³-hybridized carbons (Fsp3) is 0.300. The van der Waals surface area contributed by atoms with Gasteiger partial charge in [-0.15, -0.1) is 0 Å². The van der Waals surface area contributed by atoms with Gasteiger partial charge in [0.1, 0.15) is 5.75 Å². The first kappa shape index (κ1) is 17.7. The summed E-state index contributed by atoms with van der Waals surface area (Å²) >= 11 is 2.23. The van der Waals surface area contributed by atoms with Crippen molar-refractivity contribution in [2.75, 3.05) is 0 Å². The number of pyridine rings is 1. The van der Waals surface area contributed by atoms with Gasteiger partial charge in [-0.05, 0) is 61.6 Å². The van der Waals surface area contributed by atoms with E-state index in [4.69, 9.17) is 4.74 Å². The van der Waals surface area contributed by atoms with Crippen LogP contribution in [0.25, 0.3) is 10.9 Å². The molecule has 4 nitrogen and oxygen atoms in total. The van der Waals surface area contributed by atoms with Crippen molar-refractivity contribution in [3.8, 4) is 23.5 Å². The average Bonchev–Trinajstić information content (AvgIpc) is 2.91. The van der Waals surface area contributed by atoms with Gasteiger partial charge in [-0.2, -0.15) is 5.10 Å². The molecule has 0 radical (unpaired) electrons. The Morgan fingerprint density at radius 2 is 2.12 bits per heavy atom. The van der Waals surface area contributed by atoms with E-state index in [1.807, 2.05) is 36.7 Å². The van der Waals surface area contributed by atoms with Gasteiger partial charge in [-0.3, -0.25) is 4.68 Å². The van der Waals surface area contributed by atoms with Crippen molar-refractivity contribution in [2.24, 2.45) is 0 Å². The quantitative estimate of drug-likeness (QED) is 0.396. The molecular weight excluding hydrogens is 425 g/mol. The van der Waals surface area contributed by atoms with Crippen LogP contribution in [0.2, 0.25) is 0 Å². The molecule has 0 aliphatic carbocycles. The van der Waals surface area contributed by atoms with Crippen LogP contribution in [-0.2, 0) is 0 Å². The molecule has 0 aliphatic rings. The van der Waals surface area contributed by atoms with Crippen LogP contribution in [0.4, 0.5) is 0 Å². The molecule has 5 heteroatoms. The Bertz CT molecular complexity index is 980. The Hall–Kier alpha value is -2.07. The lowest BCUT2D eigenvalue weighted by molar-refractivity contribution is 0.458. The number of hydrogen-bond acceptors (Lipinski definition) is 3. The third-order valence-electron chi connectivity index (χ3n) is 3.81. The Balaban J connectivity index is 2.20. The van der Waals surface area contributed by atoms with Crippen molar-refractivity contribution in [1.29, 1.82) is 0 Å². The highest BCUT2D eigenvalue weighted by molar-refractivity contribution is 14.1. The van der Waals surface area contributed by atoms with E-state index in [0.717, 1.165) is 32.2 Å². The summed E-state index contributed by atoms with van der Waals surface area (Å²) in [4.78, 5) is 4.34. The minimum absolute atomic E-state index is 0.270. The van der Waals surface area contributed by atoms with Crippen LogP contribution in [0.3, 0.4) is 0 Å². The molecule has 0 N–H and O–H groups in total. The van der Waals surface area contributed by atoms with Crippen LogP contribution in [0, 0.1) is 22.3 Å². The van der Waals surface area contributed by atoms with E-state index in [2.05, 4.69) is 64.4 Å². The molecule has 0 fully saturated rings. The molecule has 0 atom stereocenters. The molecule has 0 saturated heterocycles. The number of nitrogens with zero attached hydrogens (tertiary/aromatic N) is 3. The molecule has 2 aromatic heterocycles. The molecule has 3 rings (SSSR count). The first-order valence-electron chi connectivity index (χ1n) is 8.31. The Morgan fingerprint density at radius 1 is 1.32 bits per heavy atom. The van der Waals surface area contributed by atoms with E-state index in [-0.39, 0.29) is 6.04 Å². The molecule has 2 heterocycles. The number of halogens is 1. The van der Waals surface area contributed by atoms with Crippen LogP contribution in [0.15, 0.2) is 30.5 Å². The van der Waals surface area contributed by atoms with Gasteiger partial charge in [0.15, 0.2) is 0 Å². The van der Waals surface area contributed by atoms with Crippen molar-refractivity contribution in [2.45, 2.75) is 40.2 Å². The van der Waals surface area contributed by atoms with Crippen molar-refractivity contribution < 1.29 is 4.74 Å². The summed E-state index contributed by atoms with van der Waals surface area (Å²) in [5, 5.41) is 5.78. The number of fused-ring (bicyclic) bond motifs is 1. The smallest absolute Gasteiger partial charge is 0.232 e. The first-order chi connectivity index (χ1) is 12.0. The van der Waals surface area contributed by atoms with Gasteiger partial charge in [0.05, 0.1) is 20.3 Å². The second kappa shape index (κ2) is 7.44. The second-order valence-electron chi connectivity index (χ2n) is 6.04. The minimum atomic E-state index is 0.270. The maximum Gasteiger partial charge on any atom is 0.232 e. The van der Waals surface area contributed by atoms with Gasteiger partial charge in [-0.25, -0.2) is 4.98 Å². The van der Waals surface area contributed by atoms with Crippen molar-refractivity contribution in [3.05, 3.63) is 45.3 Å². The van der Waals surface area contributed by atoms with Crippen LogP contribution < -0.4 is 4.74 Å². The normalized spacial score (nSPS) is 10.8. The van der Waals surface area contributed by atoms with E-state index in [1.54, 1.807) is 6.20 Å². The fourth-order valence-electron chi connectivity index (χ4n) is 2.63. The number of aryl methyl sites for hydroxylation is 1. The van der Waals surface area contributed by atoms with Gasteiger partial charge >= 0.3 is 0 Å². The van der Waals surface area contributed by atoms with Crippen LogP contribution in [0.5, 0.6) is 11.6 Å². The van der Waals surface area contributed by atoms with Crippen LogP contribution in [-0.4, -0.2) is 14.8 Å². The van der Waals surface area contributed by atoms with Gasteiger partial charge in [-0.1, -0.05) is 18.8 Å². The summed E-state index contributed by atoms with van der Waals surface area (Å²) in [6, 6.07) is 8.24. The second-order valence-corrected chi connectivity index (χ2v) is 7.20. The Labute approximate surface area is 161 Å². The highest BCUT2D eigenvalue weighted by Crippen LogP contribution is 2.33. The molecule has 0 aliphatic heterocycles. The number of aromatic nitrogens is 3. The van der Waals surface area contributed by atoms with Crippen LogP contribution >= 0.6 is 22.6 Å². The molecule has 0 amide bonds. The minimum Gasteiger partial charge on any atom is -0.437 e. The van der Waals surface area contributed by atoms with Gasteiger partial charge < -0.3 is 4.74 Å². The number of rotatable bonds is 3. The van der Waals surface area contributed by atoms with Crippen molar-refractivity contribution in [3.63, 3.8) is 0 Å². The molecule has 1 aromatic carbocycles. The van der Waals surface area contributed by atoms with Gasteiger partial charge in [0.2, 0.25) is 5.88 Å². The molecule has 0 bridgehead atoms. The van der Waals surface area contributed by atoms with E-state index in [0.29, 0.717) is 11.6 Å². The fourth-order valence-corrected chi connectivity index (χ4v) is 3.08. The first-order valence-corrected chi connectivity index (χ1v) is 9.39. The third kappa shape index (κ3) is 3.64. The van der Waals surface area contributed by atoms with Crippen molar-refractivity contribution >= 4 is 33.5 Å². The van der Waals surface area contributed by atoms with E-state index in [1.165, 1.54) is 0 Å². The summed E-state index contributed by atoms with van der Waals surface area (Å²) < 4.78 is 9.11. The summed E-state index contributed by atoms with van der Waals surface area (Å²) in [5.74, 6) is 7.66. The van der Waals surface area contributed by atoms with Crippen LogP contribution in [0.1, 0.15) is 44.5 Å². The predicted molar refractivity (Wildman–Crippen MR) is 109 cm³/mol. The summed E-state index contributed by atoms with van der Waals surface area (Å²) in [5.41, 5.74) is 2.92. The highest BCUT2D eigenvalue weighted by atomic mass is 127. The largest absolute Gasteiger partial charge is 0.437 e.